The summed E-state index contributed by atoms with van der Waals surface area (Å²) in [6, 6.07) is 0. The van der Waals surface area contributed by atoms with E-state index < -0.39 is 5.60 Å². The number of hydrogen-bond donors (Lipinski definition) is 0. The smallest absolute Gasteiger partial charge is 0.410 e. The van der Waals surface area contributed by atoms with E-state index in [4.69, 9.17) is 4.74 Å². The zero-order valence-electron chi connectivity index (χ0n) is 11.5. The number of rotatable bonds is 3. The molecule has 0 atom stereocenters. The van der Waals surface area contributed by atoms with Crippen LogP contribution in [0.25, 0.3) is 0 Å². The third-order valence-corrected chi connectivity index (χ3v) is 2.71. The molecule has 0 fully saturated rings. The van der Waals surface area contributed by atoms with Crippen LogP contribution >= 0.6 is 15.9 Å². The fourth-order valence-corrected chi connectivity index (χ4v) is 1.89. The summed E-state index contributed by atoms with van der Waals surface area (Å²) in [6.45, 7) is 8.78. The van der Waals surface area contributed by atoms with Crippen LogP contribution in [0.4, 0.5) is 4.79 Å². The summed E-state index contributed by atoms with van der Waals surface area (Å²) < 4.78 is 8.07. The molecule has 0 radical (unpaired) electrons. The average Bonchev–Trinajstić information content (AvgIpc) is 2.51. The van der Waals surface area contributed by atoms with E-state index >= 15 is 0 Å². The van der Waals surface area contributed by atoms with Crippen molar-refractivity contribution in [3.05, 3.63) is 16.6 Å². The molecule has 1 amide bonds. The Morgan fingerprint density at radius 3 is 2.61 bits per heavy atom. The Labute approximate surface area is 116 Å². The number of hydrogen-bond acceptors (Lipinski definition) is 3. The predicted molar refractivity (Wildman–Crippen MR) is 73.5 cm³/mol. The van der Waals surface area contributed by atoms with E-state index in [1.807, 2.05) is 38.5 Å². The van der Waals surface area contributed by atoms with Crippen molar-refractivity contribution >= 4 is 22.0 Å². The Bertz CT molecular complexity index is 423. The number of nitrogens with zero attached hydrogens (tertiary/aromatic N) is 3. The molecular weight excluding hydrogens is 298 g/mol. The van der Waals surface area contributed by atoms with Gasteiger partial charge in [-0.15, -0.1) is 0 Å². The third kappa shape index (κ3) is 4.68. The lowest BCUT2D eigenvalue weighted by Crippen LogP contribution is -2.35. The number of halogens is 1. The van der Waals surface area contributed by atoms with Crippen LogP contribution in [0.5, 0.6) is 0 Å². The molecule has 1 rings (SSSR count). The second-order valence-corrected chi connectivity index (χ2v) is 6.02. The van der Waals surface area contributed by atoms with Gasteiger partial charge >= 0.3 is 6.09 Å². The summed E-state index contributed by atoms with van der Waals surface area (Å²) in [5.41, 5.74) is -0.459. The fourth-order valence-electron chi connectivity index (χ4n) is 1.38. The number of imidazole rings is 1. The zero-order valence-corrected chi connectivity index (χ0v) is 13.1. The second kappa shape index (κ2) is 5.73. The van der Waals surface area contributed by atoms with Crippen LogP contribution in [-0.4, -0.2) is 39.7 Å². The minimum atomic E-state index is -0.459. The van der Waals surface area contributed by atoms with E-state index in [-0.39, 0.29) is 6.09 Å². The highest BCUT2D eigenvalue weighted by Gasteiger charge is 2.19. The quantitative estimate of drug-likeness (QED) is 0.861. The molecule has 5 nitrogen and oxygen atoms in total. The van der Waals surface area contributed by atoms with Gasteiger partial charge < -0.3 is 14.2 Å². The Kier molecular flexibility index (Phi) is 4.78. The molecule has 0 unspecified atom stereocenters. The fraction of sp³-hybridized carbons (Fsp3) is 0.667. The number of carbonyl (C=O) groups excluding carboxylic acids is 1. The van der Waals surface area contributed by atoms with Gasteiger partial charge in [0.15, 0.2) is 0 Å². The van der Waals surface area contributed by atoms with E-state index in [9.17, 15) is 4.79 Å². The molecule has 0 aromatic carbocycles. The number of amides is 1. The number of likely N-dealkylation sites (N-methyl/N-ethyl adjacent to an activating group) is 1. The van der Waals surface area contributed by atoms with E-state index in [1.54, 1.807) is 11.9 Å². The molecule has 0 saturated carbocycles. The summed E-state index contributed by atoms with van der Waals surface area (Å²) in [6.07, 6.45) is 1.59. The van der Waals surface area contributed by atoms with Crippen molar-refractivity contribution in [1.82, 2.24) is 14.5 Å². The first-order valence-electron chi connectivity index (χ1n) is 5.82. The normalized spacial score (nSPS) is 11.4. The van der Waals surface area contributed by atoms with Crippen molar-refractivity contribution in [2.24, 2.45) is 0 Å². The highest BCUT2D eigenvalue weighted by molar-refractivity contribution is 9.10. The molecule has 18 heavy (non-hydrogen) atoms. The van der Waals surface area contributed by atoms with Crippen molar-refractivity contribution in [3.63, 3.8) is 0 Å². The van der Waals surface area contributed by atoms with Gasteiger partial charge in [0.25, 0.3) is 0 Å². The lowest BCUT2D eigenvalue weighted by atomic mass is 10.2. The highest BCUT2D eigenvalue weighted by Crippen LogP contribution is 2.11. The molecule has 1 heterocycles. The predicted octanol–water partition coefficient (Wildman–Crippen LogP) is 2.82. The first-order valence-corrected chi connectivity index (χ1v) is 6.62. The van der Waals surface area contributed by atoms with Gasteiger partial charge in [-0.05, 0) is 43.6 Å². The number of aryl methyl sites for hydroxylation is 1. The van der Waals surface area contributed by atoms with Gasteiger partial charge in [0.1, 0.15) is 16.0 Å². The van der Waals surface area contributed by atoms with E-state index in [0.717, 1.165) is 10.4 Å². The molecule has 0 aliphatic carbocycles. The Morgan fingerprint density at radius 2 is 2.17 bits per heavy atom. The summed E-state index contributed by atoms with van der Waals surface area (Å²) >= 11 is 3.32. The summed E-state index contributed by atoms with van der Waals surface area (Å²) in [7, 11) is 1.73. The van der Waals surface area contributed by atoms with Gasteiger partial charge in [0.2, 0.25) is 0 Å². The number of carbonyl (C=O) groups is 1. The van der Waals surface area contributed by atoms with Crippen LogP contribution in [0.1, 0.15) is 26.6 Å². The van der Waals surface area contributed by atoms with Crippen LogP contribution in [0.15, 0.2) is 10.8 Å². The topological polar surface area (TPSA) is 47.4 Å². The second-order valence-electron chi connectivity index (χ2n) is 5.21. The lowest BCUT2D eigenvalue weighted by molar-refractivity contribution is 0.0293. The van der Waals surface area contributed by atoms with E-state index in [2.05, 4.69) is 20.9 Å². The molecular formula is C12H20BrN3O2. The Hall–Kier alpha value is -1.04. The molecule has 0 bridgehead atoms. The molecule has 102 valence electrons. The van der Waals surface area contributed by atoms with Gasteiger partial charge in [0.05, 0.1) is 0 Å². The van der Waals surface area contributed by atoms with Crippen LogP contribution in [0, 0.1) is 6.92 Å². The third-order valence-electron chi connectivity index (χ3n) is 2.33. The Morgan fingerprint density at radius 1 is 1.56 bits per heavy atom. The maximum absolute atomic E-state index is 11.7. The maximum atomic E-state index is 11.7. The SMILES string of the molecule is Cc1nc(Br)cn1CCN(C)C(=O)OC(C)(C)C. The van der Waals surface area contributed by atoms with E-state index in [1.165, 1.54) is 0 Å². The zero-order chi connectivity index (χ0) is 13.9. The molecule has 0 aliphatic rings. The molecule has 1 aromatic rings. The van der Waals surface area contributed by atoms with E-state index in [0.29, 0.717) is 13.1 Å². The van der Waals surface area contributed by atoms with Crippen molar-refractivity contribution in [1.29, 1.82) is 0 Å². The maximum Gasteiger partial charge on any atom is 0.410 e. The average molecular weight is 318 g/mol. The van der Waals surface area contributed by atoms with Gasteiger partial charge in [-0.3, -0.25) is 0 Å². The van der Waals surface area contributed by atoms with Crippen molar-refractivity contribution < 1.29 is 9.53 Å². The van der Waals surface area contributed by atoms with Gasteiger partial charge in [-0.2, -0.15) is 0 Å². The van der Waals surface area contributed by atoms with Crippen molar-refractivity contribution in [3.8, 4) is 0 Å². The van der Waals surface area contributed by atoms with Crippen molar-refractivity contribution in [2.45, 2.75) is 39.8 Å². The molecule has 1 aromatic heterocycles. The van der Waals surface area contributed by atoms with Crippen LogP contribution < -0.4 is 0 Å². The standard InChI is InChI=1S/C12H20BrN3O2/c1-9-14-10(13)8-16(9)7-6-15(5)11(17)18-12(2,3)4/h8H,6-7H2,1-5H3. The van der Waals surface area contributed by atoms with Gasteiger partial charge in [0, 0.05) is 26.3 Å². The molecule has 0 aliphatic heterocycles. The number of ether oxygens (including phenoxy) is 1. The molecule has 6 heteroatoms. The summed E-state index contributed by atoms with van der Waals surface area (Å²) in [5.74, 6) is 0.916. The summed E-state index contributed by atoms with van der Waals surface area (Å²) in [5, 5.41) is 0. The van der Waals surface area contributed by atoms with Crippen LogP contribution in [-0.2, 0) is 11.3 Å². The minimum Gasteiger partial charge on any atom is -0.444 e. The molecule has 0 N–H and O–H groups in total. The van der Waals surface area contributed by atoms with Crippen LogP contribution in [0.3, 0.4) is 0 Å². The van der Waals surface area contributed by atoms with Crippen molar-refractivity contribution in [2.75, 3.05) is 13.6 Å². The minimum absolute atomic E-state index is 0.306. The molecule has 0 saturated heterocycles. The summed E-state index contributed by atoms with van der Waals surface area (Å²) in [4.78, 5) is 17.5. The molecule has 0 spiro atoms. The highest BCUT2D eigenvalue weighted by atomic mass is 79.9. The monoisotopic (exact) mass is 317 g/mol. The number of aromatic nitrogens is 2. The van der Waals surface area contributed by atoms with Gasteiger partial charge in [-0.1, -0.05) is 0 Å². The van der Waals surface area contributed by atoms with Gasteiger partial charge in [-0.25, -0.2) is 9.78 Å². The Balaban J connectivity index is 2.48. The lowest BCUT2D eigenvalue weighted by Gasteiger charge is -2.24. The largest absolute Gasteiger partial charge is 0.444 e. The van der Waals surface area contributed by atoms with Crippen LogP contribution in [0.2, 0.25) is 0 Å². The first kappa shape index (κ1) is 15.0. The first-order chi connectivity index (χ1) is 8.19.